The van der Waals surface area contributed by atoms with Crippen molar-refractivity contribution in [1.82, 2.24) is 4.98 Å². The monoisotopic (exact) mass is 365 g/mol. The third-order valence-corrected chi connectivity index (χ3v) is 5.97. The molecule has 7 heteroatoms. The van der Waals surface area contributed by atoms with Crippen molar-refractivity contribution in [3.05, 3.63) is 73.1 Å². The lowest BCUT2D eigenvalue weighted by molar-refractivity contribution is -0.114. The third-order valence-electron chi connectivity index (χ3n) is 4.15. The van der Waals surface area contributed by atoms with Crippen LogP contribution in [-0.2, 0) is 14.8 Å². The molecule has 4 rings (SSSR count). The molecule has 2 heterocycles. The predicted molar refractivity (Wildman–Crippen MR) is 99.3 cm³/mol. The molecule has 0 saturated heterocycles. The third kappa shape index (κ3) is 2.72. The van der Waals surface area contributed by atoms with Crippen molar-refractivity contribution in [1.29, 1.82) is 0 Å². The molecule has 6 nitrogen and oxygen atoms in total. The van der Waals surface area contributed by atoms with Crippen LogP contribution < -0.4 is 9.62 Å². The Morgan fingerprint density at radius 3 is 2.46 bits per heavy atom. The van der Waals surface area contributed by atoms with Crippen molar-refractivity contribution >= 4 is 27.3 Å². The zero-order valence-corrected chi connectivity index (χ0v) is 14.5. The number of pyridine rings is 1. The number of carbonyl (C=O) groups is 1. The fourth-order valence-electron chi connectivity index (χ4n) is 3.02. The molecule has 26 heavy (non-hydrogen) atoms. The quantitative estimate of drug-likeness (QED) is 0.774. The Hall–Kier alpha value is -3.19. The van der Waals surface area contributed by atoms with E-state index in [-0.39, 0.29) is 11.4 Å². The van der Waals surface area contributed by atoms with E-state index in [4.69, 9.17) is 0 Å². The van der Waals surface area contributed by atoms with Crippen molar-refractivity contribution < 1.29 is 13.2 Å². The van der Waals surface area contributed by atoms with Crippen LogP contribution in [0.5, 0.6) is 0 Å². The number of hydrogen-bond donors (Lipinski definition) is 1. The molecule has 0 fully saturated rings. The highest BCUT2D eigenvalue weighted by atomic mass is 32.2. The normalized spacial score (nSPS) is 14.2. The maximum atomic E-state index is 13.1. The van der Waals surface area contributed by atoms with Crippen LogP contribution in [0.15, 0.2) is 78.0 Å². The van der Waals surface area contributed by atoms with Gasteiger partial charge in [-0.2, -0.15) is 0 Å². The van der Waals surface area contributed by atoms with Gasteiger partial charge in [-0.1, -0.05) is 36.4 Å². The molecule has 0 spiro atoms. The van der Waals surface area contributed by atoms with Gasteiger partial charge in [0.1, 0.15) is 6.54 Å². The molecule has 130 valence electrons. The summed E-state index contributed by atoms with van der Waals surface area (Å²) in [4.78, 5) is 16.6. The summed E-state index contributed by atoms with van der Waals surface area (Å²) in [6, 6.07) is 17.4. The number of carbonyl (C=O) groups excluding carboxylic acids is 1. The van der Waals surface area contributed by atoms with Gasteiger partial charge in [-0.05, 0) is 24.3 Å². The topological polar surface area (TPSA) is 79.4 Å². The minimum atomic E-state index is -3.83. The Balaban J connectivity index is 1.73. The summed E-state index contributed by atoms with van der Waals surface area (Å²) >= 11 is 0. The van der Waals surface area contributed by atoms with Crippen molar-refractivity contribution in [2.24, 2.45) is 0 Å². The molecule has 0 atom stereocenters. The van der Waals surface area contributed by atoms with E-state index in [0.717, 1.165) is 9.87 Å². The SMILES string of the molecule is O=C(CN1c2ccccc2-c2ccccc2S1(=O)=O)Nc1cccnc1. The summed E-state index contributed by atoms with van der Waals surface area (Å²) < 4.78 is 27.3. The lowest BCUT2D eigenvalue weighted by Crippen LogP contribution is -2.40. The molecule has 1 amide bonds. The molecule has 3 aromatic rings. The number of amides is 1. The molecule has 1 aliphatic heterocycles. The summed E-state index contributed by atoms with van der Waals surface area (Å²) in [5.74, 6) is -0.434. The number of benzene rings is 2. The van der Waals surface area contributed by atoms with E-state index < -0.39 is 15.9 Å². The maximum absolute atomic E-state index is 13.1. The standard InChI is InChI=1S/C19H15N3O3S/c23-19(21-14-6-5-11-20-12-14)13-22-17-9-3-1-7-15(17)16-8-2-4-10-18(16)26(22,24)25/h1-12H,13H2,(H,21,23). The zero-order chi connectivity index (χ0) is 18.1. The lowest BCUT2D eigenvalue weighted by Gasteiger charge is -2.31. The predicted octanol–water partition coefficient (Wildman–Crippen LogP) is 2.90. The summed E-state index contributed by atoms with van der Waals surface area (Å²) in [6.45, 7) is -0.317. The number of hydrogen-bond acceptors (Lipinski definition) is 4. The first kappa shape index (κ1) is 16.3. The summed E-state index contributed by atoms with van der Waals surface area (Å²) in [5.41, 5.74) is 2.44. The van der Waals surface area contributed by atoms with Gasteiger partial charge in [0.25, 0.3) is 10.0 Å². The second-order valence-corrected chi connectivity index (χ2v) is 7.65. The molecule has 2 aromatic carbocycles. The molecular formula is C19H15N3O3S. The Labute approximate surface area is 151 Å². The summed E-state index contributed by atoms with van der Waals surface area (Å²) in [7, 11) is -3.83. The summed E-state index contributed by atoms with van der Waals surface area (Å²) in [5, 5.41) is 2.67. The number of nitrogens with zero attached hydrogens (tertiary/aromatic N) is 2. The van der Waals surface area contributed by atoms with Crippen molar-refractivity contribution in [2.75, 3.05) is 16.2 Å². The van der Waals surface area contributed by atoms with Gasteiger partial charge in [-0.3, -0.25) is 14.1 Å². The first-order chi connectivity index (χ1) is 12.6. The minimum Gasteiger partial charge on any atom is -0.323 e. The molecular weight excluding hydrogens is 350 g/mol. The number of aromatic nitrogens is 1. The van der Waals surface area contributed by atoms with Gasteiger partial charge < -0.3 is 5.32 Å². The molecule has 0 unspecified atom stereocenters. The fraction of sp³-hybridized carbons (Fsp3) is 0.0526. The zero-order valence-electron chi connectivity index (χ0n) is 13.7. The first-order valence-corrected chi connectivity index (χ1v) is 9.42. The lowest BCUT2D eigenvalue weighted by atomic mass is 10.0. The van der Waals surface area contributed by atoms with Gasteiger partial charge in [-0.15, -0.1) is 0 Å². The molecule has 1 aliphatic rings. The number of anilines is 2. The van der Waals surface area contributed by atoms with Crippen LogP contribution in [0.1, 0.15) is 0 Å². The average molecular weight is 365 g/mol. The van der Waals surface area contributed by atoms with Crippen LogP contribution in [0.25, 0.3) is 11.1 Å². The van der Waals surface area contributed by atoms with E-state index >= 15 is 0 Å². The van der Waals surface area contributed by atoms with E-state index in [1.807, 2.05) is 12.1 Å². The van der Waals surface area contributed by atoms with Gasteiger partial charge >= 0.3 is 0 Å². The van der Waals surface area contributed by atoms with E-state index in [1.54, 1.807) is 54.7 Å². The van der Waals surface area contributed by atoms with Gasteiger partial charge in [0, 0.05) is 17.3 Å². The summed E-state index contributed by atoms with van der Waals surface area (Å²) in [6.07, 6.45) is 3.10. The van der Waals surface area contributed by atoms with E-state index in [1.165, 1.54) is 6.20 Å². The van der Waals surface area contributed by atoms with Crippen LogP contribution >= 0.6 is 0 Å². The van der Waals surface area contributed by atoms with Gasteiger partial charge in [-0.25, -0.2) is 8.42 Å². The molecule has 0 radical (unpaired) electrons. The Kier molecular flexibility index (Phi) is 3.93. The number of sulfonamides is 1. The maximum Gasteiger partial charge on any atom is 0.265 e. The molecule has 0 saturated carbocycles. The highest BCUT2D eigenvalue weighted by Gasteiger charge is 2.35. The number of para-hydroxylation sites is 1. The van der Waals surface area contributed by atoms with Gasteiger partial charge in [0.2, 0.25) is 5.91 Å². The molecule has 0 bridgehead atoms. The van der Waals surface area contributed by atoms with Gasteiger partial charge in [0.05, 0.1) is 22.5 Å². The highest BCUT2D eigenvalue weighted by Crippen LogP contribution is 2.42. The molecule has 0 aliphatic carbocycles. The van der Waals surface area contributed by atoms with Crippen molar-refractivity contribution in [3.8, 4) is 11.1 Å². The second kappa shape index (κ2) is 6.27. The largest absolute Gasteiger partial charge is 0.323 e. The average Bonchev–Trinajstić information content (AvgIpc) is 2.66. The van der Waals surface area contributed by atoms with Crippen LogP contribution in [0.4, 0.5) is 11.4 Å². The molecule has 1 aromatic heterocycles. The second-order valence-electron chi connectivity index (χ2n) is 5.81. The number of rotatable bonds is 3. The van der Waals surface area contributed by atoms with Crippen LogP contribution in [0.2, 0.25) is 0 Å². The molecule has 1 N–H and O–H groups in total. The Bertz CT molecular complexity index is 1080. The Morgan fingerprint density at radius 2 is 1.69 bits per heavy atom. The Morgan fingerprint density at radius 1 is 0.962 bits per heavy atom. The number of nitrogens with one attached hydrogen (secondary N) is 1. The highest BCUT2D eigenvalue weighted by molar-refractivity contribution is 7.93. The van der Waals surface area contributed by atoms with Gasteiger partial charge in [0.15, 0.2) is 0 Å². The van der Waals surface area contributed by atoms with E-state index in [0.29, 0.717) is 16.9 Å². The van der Waals surface area contributed by atoms with Crippen LogP contribution in [-0.4, -0.2) is 25.9 Å². The minimum absolute atomic E-state index is 0.202. The van der Waals surface area contributed by atoms with Crippen molar-refractivity contribution in [2.45, 2.75) is 4.90 Å². The van der Waals surface area contributed by atoms with E-state index in [2.05, 4.69) is 10.3 Å². The number of fused-ring (bicyclic) bond motifs is 3. The van der Waals surface area contributed by atoms with Crippen molar-refractivity contribution in [3.63, 3.8) is 0 Å². The van der Waals surface area contributed by atoms with E-state index in [9.17, 15) is 13.2 Å². The smallest absolute Gasteiger partial charge is 0.265 e. The fourth-order valence-corrected chi connectivity index (χ4v) is 4.67. The van der Waals surface area contributed by atoms with Crippen LogP contribution in [0.3, 0.4) is 0 Å². The van der Waals surface area contributed by atoms with Crippen LogP contribution in [0, 0.1) is 0 Å². The first-order valence-electron chi connectivity index (χ1n) is 7.98.